The van der Waals surface area contributed by atoms with E-state index in [0.717, 1.165) is 6.42 Å². The topological polar surface area (TPSA) is 43.1 Å². The van der Waals surface area contributed by atoms with Crippen molar-refractivity contribution in [3.05, 3.63) is 0 Å². The summed E-state index contributed by atoms with van der Waals surface area (Å²) in [7, 11) is 0. The molecule has 0 spiro atoms. The third-order valence-electron chi connectivity index (χ3n) is 1.08. The van der Waals surface area contributed by atoms with Crippen molar-refractivity contribution in [2.45, 2.75) is 13.3 Å². The highest BCUT2D eigenvalue weighted by atomic mass is 35.5. The highest BCUT2D eigenvalue weighted by Gasteiger charge is 2.09. The summed E-state index contributed by atoms with van der Waals surface area (Å²) in [4.78, 5) is 10.3. The molecule has 0 aliphatic carbocycles. The van der Waals surface area contributed by atoms with E-state index in [1.807, 2.05) is 6.92 Å². The summed E-state index contributed by atoms with van der Waals surface area (Å²) in [5.74, 6) is -0.106. The molecule has 0 saturated heterocycles. The van der Waals surface area contributed by atoms with E-state index in [-0.39, 0.29) is 11.8 Å². The lowest BCUT2D eigenvalue weighted by molar-refractivity contribution is -0.121. The SMILES string of the molecule is CCC(CCl)C(N)=O. The fourth-order valence-electron chi connectivity index (χ4n) is 0.386. The van der Waals surface area contributed by atoms with Crippen molar-refractivity contribution in [3.8, 4) is 0 Å². The zero-order valence-electron chi connectivity index (χ0n) is 4.86. The van der Waals surface area contributed by atoms with Crippen LogP contribution in [-0.4, -0.2) is 11.8 Å². The smallest absolute Gasteiger partial charge is 0.221 e. The van der Waals surface area contributed by atoms with Crippen molar-refractivity contribution in [1.82, 2.24) is 0 Å². The van der Waals surface area contributed by atoms with E-state index in [0.29, 0.717) is 5.88 Å². The molecule has 3 heteroatoms. The average molecular weight is 136 g/mol. The molecule has 1 amide bonds. The molecule has 2 N–H and O–H groups in total. The molecule has 0 rings (SSSR count). The van der Waals surface area contributed by atoms with Crippen LogP contribution in [0.4, 0.5) is 0 Å². The van der Waals surface area contributed by atoms with Crippen LogP contribution in [0.2, 0.25) is 0 Å². The molecule has 1 unspecified atom stereocenters. The number of carbonyl (C=O) groups is 1. The molecule has 0 aromatic heterocycles. The first-order chi connectivity index (χ1) is 3.72. The Bertz CT molecular complexity index is 80.5. The van der Waals surface area contributed by atoms with E-state index >= 15 is 0 Å². The van der Waals surface area contributed by atoms with E-state index < -0.39 is 0 Å². The summed E-state index contributed by atoms with van der Waals surface area (Å²) in [6.07, 6.45) is 0.735. The van der Waals surface area contributed by atoms with Crippen LogP contribution in [0.15, 0.2) is 0 Å². The minimum absolute atomic E-state index is 0.142. The maximum Gasteiger partial charge on any atom is 0.221 e. The van der Waals surface area contributed by atoms with Crippen LogP contribution in [0.3, 0.4) is 0 Å². The first-order valence-electron chi connectivity index (χ1n) is 2.57. The summed E-state index contributed by atoms with van der Waals surface area (Å²) in [5, 5.41) is 0. The number of rotatable bonds is 3. The Morgan fingerprint density at radius 3 is 2.38 bits per heavy atom. The second-order valence-electron chi connectivity index (χ2n) is 1.66. The number of hydrogen-bond donors (Lipinski definition) is 1. The summed E-state index contributed by atoms with van der Waals surface area (Å²) < 4.78 is 0. The minimum atomic E-state index is -0.303. The molecular weight excluding hydrogens is 126 g/mol. The highest BCUT2D eigenvalue weighted by molar-refractivity contribution is 6.19. The van der Waals surface area contributed by atoms with E-state index in [9.17, 15) is 4.79 Å². The zero-order valence-corrected chi connectivity index (χ0v) is 5.61. The summed E-state index contributed by atoms with van der Waals surface area (Å²) in [6.45, 7) is 1.89. The average Bonchev–Trinajstić information content (AvgIpc) is 1.69. The zero-order chi connectivity index (χ0) is 6.57. The van der Waals surface area contributed by atoms with Gasteiger partial charge in [0.25, 0.3) is 0 Å². The molecule has 0 radical (unpaired) electrons. The maximum atomic E-state index is 10.3. The molecule has 0 aromatic carbocycles. The van der Waals surface area contributed by atoms with Crippen molar-refractivity contribution in [2.75, 3.05) is 5.88 Å². The number of hydrogen-bond acceptors (Lipinski definition) is 1. The van der Waals surface area contributed by atoms with Gasteiger partial charge in [0.1, 0.15) is 0 Å². The third-order valence-corrected chi connectivity index (χ3v) is 1.45. The number of amides is 1. The predicted molar refractivity (Wildman–Crippen MR) is 33.7 cm³/mol. The van der Waals surface area contributed by atoms with Crippen LogP contribution in [0, 0.1) is 5.92 Å². The summed E-state index contributed by atoms with van der Waals surface area (Å²) in [6, 6.07) is 0. The second kappa shape index (κ2) is 3.72. The lowest BCUT2D eigenvalue weighted by Gasteiger charge is -2.02. The molecule has 0 bridgehead atoms. The van der Waals surface area contributed by atoms with Gasteiger partial charge >= 0.3 is 0 Å². The maximum absolute atomic E-state index is 10.3. The van der Waals surface area contributed by atoms with Crippen molar-refractivity contribution >= 4 is 17.5 Å². The van der Waals surface area contributed by atoms with Gasteiger partial charge < -0.3 is 5.73 Å². The van der Waals surface area contributed by atoms with Crippen molar-refractivity contribution in [1.29, 1.82) is 0 Å². The lowest BCUT2D eigenvalue weighted by atomic mass is 10.1. The Kier molecular flexibility index (Phi) is 3.61. The Labute approximate surface area is 54.0 Å². The van der Waals surface area contributed by atoms with Gasteiger partial charge in [0, 0.05) is 5.88 Å². The first-order valence-corrected chi connectivity index (χ1v) is 3.11. The highest BCUT2D eigenvalue weighted by Crippen LogP contribution is 2.02. The monoisotopic (exact) mass is 135 g/mol. The number of carbonyl (C=O) groups excluding carboxylic acids is 1. The van der Waals surface area contributed by atoms with Gasteiger partial charge in [0.15, 0.2) is 0 Å². The third kappa shape index (κ3) is 2.17. The minimum Gasteiger partial charge on any atom is -0.369 e. The molecule has 0 aliphatic heterocycles. The van der Waals surface area contributed by atoms with Crippen molar-refractivity contribution < 1.29 is 4.79 Å². The van der Waals surface area contributed by atoms with Gasteiger partial charge in [0.05, 0.1) is 5.92 Å². The number of halogens is 1. The molecule has 0 saturated carbocycles. The van der Waals surface area contributed by atoms with Crippen LogP contribution >= 0.6 is 11.6 Å². The fourth-order valence-corrected chi connectivity index (χ4v) is 0.757. The van der Waals surface area contributed by atoms with Crippen molar-refractivity contribution in [2.24, 2.45) is 11.7 Å². The molecule has 0 heterocycles. The van der Waals surface area contributed by atoms with Gasteiger partial charge in [-0.3, -0.25) is 4.79 Å². The number of alkyl halides is 1. The van der Waals surface area contributed by atoms with E-state index in [4.69, 9.17) is 17.3 Å². The molecule has 0 aromatic rings. The molecule has 8 heavy (non-hydrogen) atoms. The van der Waals surface area contributed by atoms with E-state index in [1.54, 1.807) is 0 Å². The molecule has 0 aliphatic rings. The Morgan fingerprint density at radius 2 is 2.38 bits per heavy atom. The van der Waals surface area contributed by atoms with Gasteiger partial charge in [0.2, 0.25) is 5.91 Å². The van der Waals surface area contributed by atoms with Crippen LogP contribution in [0.5, 0.6) is 0 Å². The number of nitrogens with two attached hydrogens (primary N) is 1. The van der Waals surface area contributed by atoms with Crippen LogP contribution in [-0.2, 0) is 4.79 Å². The summed E-state index contributed by atoms with van der Waals surface area (Å²) in [5.41, 5.74) is 4.93. The van der Waals surface area contributed by atoms with Crippen molar-refractivity contribution in [3.63, 3.8) is 0 Å². The number of primary amides is 1. The van der Waals surface area contributed by atoms with Gasteiger partial charge in [-0.2, -0.15) is 0 Å². The van der Waals surface area contributed by atoms with Crippen LogP contribution in [0.1, 0.15) is 13.3 Å². The van der Waals surface area contributed by atoms with Gasteiger partial charge in [-0.1, -0.05) is 6.92 Å². The fraction of sp³-hybridized carbons (Fsp3) is 0.800. The predicted octanol–water partition coefficient (Wildman–Crippen LogP) is 0.737. The Hall–Kier alpha value is -0.240. The standard InChI is InChI=1S/C5H10ClNO/c1-2-4(3-6)5(7)8/h4H,2-3H2,1H3,(H2,7,8). The Morgan fingerprint density at radius 1 is 1.88 bits per heavy atom. The molecule has 2 nitrogen and oxygen atoms in total. The van der Waals surface area contributed by atoms with Crippen LogP contribution in [0.25, 0.3) is 0 Å². The molecule has 48 valence electrons. The molecule has 1 atom stereocenters. The first kappa shape index (κ1) is 7.76. The quantitative estimate of drug-likeness (QED) is 0.570. The van der Waals surface area contributed by atoms with E-state index in [1.165, 1.54) is 0 Å². The molecular formula is C5H10ClNO. The van der Waals surface area contributed by atoms with Gasteiger partial charge in [-0.15, -0.1) is 11.6 Å². The van der Waals surface area contributed by atoms with Crippen LogP contribution < -0.4 is 5.73 Å². The normalized spacial score (nSPS) is 13.2. The lowest BCUT2D eigenvalue weighted by Crippen LogP contribution is -2.23. The second-order valence-corrected chi connectivity index (χ2v) is 1.97. The summed E-state index contributed by atoms with van der Waals surface area (Å²) >= 11 is 5.36. The Balaban J connectivity index is 3.52. The van der Waals surface area contributed by atoms with Gasteiger partial charge in [-0.25, -0.2) is 0 Å². The largest absolute Gasteiger partial charge is 0.369 e. The molecule has 0 fully saturated rings. The van der Waals surface area contributed by atoms with E-state index in [2.05, 4.69) is 0 Å². The van der Waals surface area contributed by atoms with Gasteiger partial charge in [-0.05, 0) is 6.42 Å².